The number of aliphatic hydroxyl groups excluding tert-OH is 1. The monoisotopic (exact) mass is 1370 g/mol. The number of esters is 4. The van der Waals surface area contributed by atoms with Crippen molar-refractivity contribution in [3.05, 3.63) is 0 Å². The van der Waals surface area contributed by atoms with E-state index in [-0.39, 0.29) is 25.7 Å². The number of aliphatic hydroxyl groups is 1. The fraction of sp³-hybridized carbons (Fsp3) is 0.946. The second-order valence-electron chi connectivity index (χ2n) is 28.1. The van der Waals surface area contributed by atoms with Gasteiger partial charge in [0.25, 0.3) is 0 Å². The van der Waals surface area contributed by atoms with Crippen molar-refractivity contribution in [2.75, 3.05) is 39.6 Å². The maximum absolute atomic E-state index is 13.0. The van der Waals surface area contributed by atoms with Crippen LogP contribution in [0.1, 0.15) is 370 Å². The number of carbonyl (C=O) groups excluding carboxylic acids is 4. The first-order valence-corrected chi connectivity index (χ1v) is 41.3. The molecule has 0 aliphatic carbocycles. The van der Waals surface area contributed by atoms with Gasteiger partial charge in [-0.15, -0.1) is 0 Å². The minimum absolute atomic E-state index is 0.103. The summed E-state index contributed by atoms with van der Waals surface area (Å²) in [5.41, 5.74) is 0. The highest BCUT2D eigenvalue weighted by Gasteiger charge is 2.30. The lowest BCUT2D eigenvalue weighted by atomic mass is 9.99. The van der Waals surface area contributed by atoms with E-state index in [1.807, 2.05) is 0 Å². The van der Waals surface area contributed by atoms with Gasteiger partial charge in [0, 0.05) is 25.7 Å². The second kappa shape index (κ2) is 63.5. The third kappa shape index (κ3) is 65.8. The summed E-state index contributed by atoms with van der Waals surface area (Å²) in [4.78, 5) is 72.6. The van der Waals surface area contributed by atoms with E-state index in [1.54, 1.807) is 0 Å². The Balaban J connectivity index is 5.12. The molecule has 0 amide bonds. The van der Waals surface area contributed by atoms with Crippen molar-refractivity contribution >= 4 is 39.5 Å². The molecule has 0 aliphatic heterocycles. The van der Waals surface area contributed by atoms with E-state index in [1.165, 1.54) is 167 Å². The number of hydrogen-bond acceptors (Lipinski definition) is 15. The zero-order chi connectivity index (χ0) is 68.9. The molecule has 93 heavy (non-hydrogen) atoms. The van der Waals surface area contributed by atoms with Crippen LogP contribution in [0.3, 0.4) is 0 Å². The van der Waals surface area contributed by atoms with Crippen LogP contribution in [0.4, 0.5) is 0 Å². The highest BCUT2D eigenvalue weighted by atomic mass is 31.2. The lowest BCUT2D eigenvalue weighted by Gasteiger charge is -2.21. The van der Waals surface area contributed by atoms with Crippen LogP contribution in [0.15, 0.2) is 0 Å². The molecule has 0 fully saturated rings. The summed E-state index contributed by atoms with van der Waals surface area (Å²) in [6.07, 6.45) is 47.6. The van der Waals surface area contributed by atoms with E-state index in [9.17, 15) is 43.2 Å². The fourth-order valence-corrected chi connectivity index (χ4v) is 12.7. The number of carbonyl (C=O) groups is 4. The zero-order valence-corrected chi connectivity index (χ0v) is 62.7. The van der Waals surface area contributed by atoms with Crippen molar-refractivity contribution in [1.82, 2.24) is 0 Å². The summed E-state index contributed by atoms with van der Waals surface area (Å²) in [6.45, 7) is 14.1. The Morgan fingerprint density at radius 3 is 0.763 bits per heavy atom. The fourth-order valence-electron chi connectivity index (χ4n) is 11.1. The summed E-state index contributed by atoms with van der Waals surface area (Å²) in [5, 5.41) is 10.6. The van der Waals surface area contributed by atoms with Gasteiger partial charge in [-0.2, -0.15) is 0 Å². The van der Waals surface area contributed by atoms with Gasteiger partial charge in [0.15, 0.2) is 12.2 Å². The van der Waals surface area contributed by atoms with Crippen molar-refractivity contribution < 1.29 is 80.2 Å². The SMILES string of the molecule is CCC(C)CCCCCCCCCCCCCCCCCCCCC(=O)OC[C@H](COP(=O)(O)OCC(O)COP(=O)(O)OC[C@@H](COC(=O)CCCCCCCCCC(C)C)OC(=O)CCCCCCCCCCC(C)C)OC(=O)CCCCCCCCC(C)CC. The Labute approximate surface area is 568 Å². The molecule has 3 N–H and O–H groups in total. The topological polar surface area (TPSA) is 237 Å². The van der Waals surface area contributed by atoms with Crippen molar-refractivity contribution in [2.24, 2.45) is 23.7 Å². The summed E-state index contributed by atoms with van der Waals surface area (Å²) >= 11 is 0. The molecular weight excluding hydrogens is 1220 g/mol. The number of phosphoric ester groups is 2. The molecule has 0 rings (SSSR count). The minimum atomic E-state index is -4.95. The number of rotatable bonds is 71. The third-order valence-corrected chi connectivity index (χ3v) is 19.7. The minimum Gasteiger partial charge on any atom is -0.462 e. The van der Waals surface area contributed by atoms with Gasteiger partial charge < -0.3 is 33.8 Å². The normalized spacial score (nSPS) is 14.8. The van der Waals surface area contributed by atoms with Crippen molar-refractivity contribution in [2.45, 2.75) is 388 Å². The lowest BCUT2D eigenvalue weighted by Crippen LogP contribution is -2.30. The van der Waals surface area contributed by atoms with Gasteiger partial charge >= 0.3 is 39.5 Å². The van der Waals surface area contributed by atoms with Crippen LogP contribution < -0.4 is 0 Å². The summed E-state index contributed by atoms with van der Waals surface area (Å²) in [7, 11) is -9.90. The third-order valence-electron chi connectivity index (χ3n) is 17.8. The van der Waals surface area contributed by atoms with Crippen LogP contribution in [0, 0.1) is 23.7 Å². The second-order valence-corrected chi connectivity index (χ2v) is 31.0. The first-order chi connectivity index (χ1) is 44.7. The summed E-state index contributed by atoms with van der Waals surface area (Å²) in [6, 6.07) is 0. The quantitative estimate of drug-likeness (QED) is 0.0222. The molecule has 0 bridgehead atoms. The number of phosphoric acid groups is 2. The van der Waals surface area contributed by atoms with Gasteiger partial charge in [-0.3, -0.25) is 37.3 Å². The number of ether oxygens (including phenoxy) is 4. The predicted molar refractivity (Wildman–Crippen MR) is 377 cm³/mol. The molecule has 0 aromatic rings. The molecule has 0 aromatic heterocycles. The van der Waals surface area contributed by atoms with E-state index in [2.05, 4.69) is 55.4 Å². The molecule has 0 saturated heterocycles. The molecule has 7 atom stereocenters. The number of unbranched alkanes of at least 4 members (excludes halogenated alkanes) is 35. The maximum atomic E-state index is 13.0. The predicted octanol–water partition coefficient (Wildman–Crippen LogP) is 21.3. The molecule has 0 aromatic carbocycles. The highest BCUT2D eigenvalue weighted by Crippen LogP contribution is 2.45. The Hall–Kier alpha value is -1.94. The molecule has 5 unspecified atom stereocenters. The lowest BCUT2D eigenvalue weighted by molar-refractivity contribution is -0.161. The molecule has 17 nitrogen and oxygen atoms in total. The smallest absolute Gasteiger partial charge is 0.462 e. The van der Waals surface area contributed by atoms with Crippen molar-refractivity contribution in [1.29, 1.82) is 0 Å². The summed E-state index contributed by atoms with van der Waals surface area (Å²) in [5.74, 6) is 0.886. The van der Waals surface area contributed by atoms with Gasteiger partial charge in [-0.25, -0.2) is 9.13 Å². The van der Waals surface area contributed by atoms with Crippen molar-refractivity contribution in [3.8, 4) is 0 Å². The first kappa shape index (κ1) is 91.1. The van der Waals surface area contributed by atoms with E-state index in [0.717, 1.165) is 114 Å². The largest absolute Gasteiger partial charge is 0.472 e. The molecule has 0 heterocycles. The average Bonchev–Trinajstić information content (AvgIpc) is 2.94. The van der Waals surface area contributed by atoms with Gasteiger partial charge in [0.2, 0.25) is 0 Å². The molecular formula is C74H144O17P2. The Morgan fingerprint density at radius 2 is 0.516 bits per heavy atom. The van der Waals surface area contributed by atoms with E-state index in [4.69, 9.17) is 37.0 Å². The Kier molecular flexibility index (Phi) is 62.2. The van der Waals surface area contributed by atoms with Crippen LogP contribution in [0.5, 0.6) is 0 Å². The zero-order valence-electron chi connectivity index (χ0n) is 60.9. The maximum Gasteiger partial charge on any atom is 0.472 e. The van der Waals surface area contributed by atoms with Crippen LogP contribution in [0.2, 0.25) is 0 Å². The van der Waals surface area contributed by atoms with Crippen LogP contribution >= 0.6 is 15.6 Å². The molecule has 552 valence electrons. The Morgan fingerprint density at radius 1 is 0.301 bits per heavy atom. The van der Waals surface area contributed by atoms with Crippen LogP contribution in [0.25, 0.3) is 0 Å². The van der Waals surface area contributed by atoms with Gasteiger partial charge in [-0.05, 0) is 49.4 Å². The van der Waals surface area contributed by atoms with E-state index >= 15 is 0 Å². The highest BCUT2D eigenvalue weighted by molar-refractivity contribution is 7.47. The van der Waals surface area contributed by atoms with E-state index in [0.29, 0.717) is 31.6 Å². The van der Waals surface area contributed by atoms with Crippen LogP contribution in [-0.4, -0.2) is 96.7 Å². The standard InChI is InChI=1S/C74H144O17P2/c1-9-66(7)52-44-36-28-21-19-17-15-13-11-12-14-16-18-20-22-29-38-46-54-71(76)84-61-70(91-74(79)57-49-41-33-32-37-45-53-67(8)10-2)63-89-93(82,83)87-59-68(75)58-86-92(80,81)88-62-69(60-85-72(77)55-47-39-31-25-27-35-43-51-65(5)6)90-73(78)56-48-40-30-24-23-26-34-42-50-64(3)4/h64-70,75H,9-63H2,1-8H3,(H,80,81)(H,82,83)/t66?,67?,68?,69-,70-/m1/s1. The molecule has 0 radical (unpaired) electrons. The molecule has 0 spiro atoms. The number of hydrogen-bond donors (Lipinski definition) is 3. The average molecular weight is 1370 g/mol. The molecule has 0 aliphatic rings. The van der Waals surface area contributed by atoms with Crippen molar-refractivity contribution in [3.63, 3.8) is 0 Å². The van der Waals surface area contributed by atoms with Gasteiger partial charge in [0.1, 0.15) is 19.3 Å². The first-order valence-electron chi connectivity index (χ1n) is 38.3. The Bertz CT molecular complexity index is 1840. The molecule has 19 heteroatoms. The van der Waals surface area contributed by atoms with E-state index < -0.39 is 97.5 Å². The van der Waals surface area contributed by atoms with Crippen LogP contribution in [-0.2, 0) is 65.4 Å². The summed E-state index contributed by atoms with van der Waals surface area (Å²) < 4.78 is 68.3. The van der Waals surface area contributed by atoms with Gasteiger partial charge in [-0.1, -0.05) is 319 Å². The van der Waals surface area contributed by atoms with Gasteiger partial charge in [0.05, 0.1) is 26.4 Å². The molecule has 0 saturated carbocycles.